The highest BCUT2D eigenvalue weighted by Gasteiger charge is 2.13. The lowest BCUT2D eigenvalue weighted by Crippen LogP contribution is -2.04. The van der Waals surface area contributed by atoms with Crippen LogP contribution in [0.4, 0.5) is 5.69 Å². The van der Waals surface area contributed by atoms with Crippen molar-refractivity contribution in [1.29, 1.82) is 0 Å². The van der Waals surface area contributed by atoms with Crippen LogP contribution in [0.3, 0.4) is 0 Å². The van der Waals surface area contributed by atoms with E-state index in [9.17, 15) is 5.11 Å². The Labute approximate surface area is 63.6 Å². The Kier molecular flexibility index (Phi) is 1.33. The number of aliphatic hydroxyl groups excluding tert-OH is 1. The molecule has 0 fully saturated rings. The molecule has 1 aromatic rings. The number of rotatable bonds is 0. The molecule has 1 aliphatic heterocycles. The van der Waals surface area contributed by atoms with Gasteiger partial charge in [-0.25, -0.2) is 0 Å². The molecule has 1 aromatic carbocycles. The zero-order valence-electron chi connectivity index (χ0n) is 5.73. The second-order valence-corrected chi connectivity index (χ2v) is 2.29. The van der Waals surface area contributed by atoms with Crippen molar-refractivity contribution < 1.29 is 5.11 Å². The summed E-state index contributed by atoms with van der Waals surface area (Å²) in [7, 11) is 0. The standard InChI is InChI=1S/C7H7N3O/c11-7-5-3-1-2-4-6(5)8-10-9-7/h1-4,7,11H,(H,8,9)/t7-/m1/s1. The second-order valence-electron chi connectivity index (χ2n) is 2.29. The van der Waals surface area contributed by atoms with E-state index in [0.29, 0.717) is 0 Å². The molecule has 0 saturated carbocycles. The van der Waals surface area contributed by atoms with Gasteiger partial charge in [0.05, 0.1) is 5.69 Å². The summed E-state index contributed by atoms with van der Waals surface area (Å²) in [6.45, 7) is 0. The van der Waals surface area contributed by atoms with Crippen molar-refractivity contribution in [2.75, 3.05) is 5.43 Å². The molecule has 1 aliphatic rings. The zero-order chi connectivity index (χ0) is 7.68. The van der Waals surface area contributed by atoms with Crippen LogP contribution in [-0.4, -0.2) is 5.11 Å². The molecular formula is C7H7N3O. The molecular weight excluding hydrogens is 142 g/mol. The van der Waals surface area contributed by atoms with Crippen molar-refractivity contribution in [1.82, 2.24) is 0 Å². The summed E-state index contributed by atoms with van der Waals surface area (Å²) >= 11 is 0. The average molecular weight is 149 g/mol. The Balaban J connectivity index is 2.50. The Morgan fingerprint density at radius 3 is 3.00 bits per heavy atom. The Bertz CT molecular complexity index is 297. The van der Waals surface area contributed by atoms with Gasteiger partial charge in [-0.2, -0.15) is 0 Å². The molecule has 0 unspecified atom stereocenters. The maximum atomic E-state index is 9.26. The number of nitrogens with zero attached hydrogens (tertiary/aromatic N) is 2. The van der Waals surface area contributed by atoms with Crippen LogP contribution in [0.15, 0.2) is 34.6 Å². The predicted octanol–water partition coefficient (Wildman–Crippen LogP) is 1.47. The monoisotopic (exact) mass is 149 g/mol. The summed E-state index contributed by atoms with van der Waals surface area (Å²) in [5, 5.41) is 16.3. The van der Waals surface area contributed by atoms with E-state index >= 15 is 0 Å². The van der Waals surface area contributed by atoms with Crippen molar-refractivity contribution in [2.45, 2.75) is 6.23 Å². The number of hydrogen-bond donors (Lipinski definition) is 2. The van der Waals surface area contributed by atoms with Crippen molar-refractivity contribution in [3.05, 3.63) is 29.8 Å². The van der Waals surface area contributed by atoms with Gasteiger partial charge >= 0.3 is 0 Å². The first-order valence-electron chi connectivity index (χ1n) is 3.31. The maximum absolute atomic E-state index is 9.26. The van der Waals surface area contributed by atoms with Crippen molar-refractivity contribution in [2.24, 2.45) is 10.3 Å². The van der Waals surface area contributed by atoms with E-state index in [4.69, 9.17) is 0 Å². The van der Waals surface area contributed by atoms with Crippen molar-refractivity contribution >= 4 is 5.69 Å². The molecule has 0 radical (unpaired) electrons. The molecule has 2 N–H and O–H groups in total. The average Bonchev–Trinajstić information content (AvgIpc) is 2.06. The molecule has 0 spiro atoms. The molecule has 0 saturated heterocycles. The summed E-state index contributed by atoms with van der Waals surface area (Å²) < 4.78 is 0. The minimum atomic E-state index is -0.813. The van der Waals surface area contributed by atoms with E-state index in [2.05, 4.69) is 15.8 Å². The molecule has 2 rings (SSSR count). The van der Waals surface area contributed by atoms with Gasteiger partial charge in [-0.3, -0.25) is 5.43 Å². The SMILES string of the molecule is O[C@H]1N=NNc2ccccc21. The van der Waals surface area contributed by atoms with Crippen LogP contribution in [-0.2, 0) is 0 Å². The first-order chi connectivity index (χ1) is 5.38. The van der Waals surface area contributed by atoms with Gasteiger partial charge in [0.2, 0.25) is 0 Å². The molecule has 56 valence electrons. The normalized spacial score (nSPS) is 20.6. The molecule has 0 amide bonds. The third-order valence-electron chi connectivity index (χ3n) is 1.58. The number of anilines is 1. The molecule has 0 bridgehead atoms. The summed E-state index contributed by atoms with van der Waals surface area (Å²) in [5.74, 6) is 0. The van der Waals surface area contributed by atoms with Gasteiger partial charge in [0.1, 0.15) is 0 Å². The predicted molar refractivity (Wildman–Crippen MR) is 39.9 cm³/mol. The maximum Gasteiger partial charge on any atom is 0.195 e. The van der Waals surface area contributed by atoms with Gasteiger partial charge in [0.15, 0.2) is 6.23 Å². The van der Waals surface area contributed by atoms with E-state index in [1.54, 1.807) is 0 Å². The number of para-hydroxylation sites is 1. The minimum Gasteiger partial charge on any atom is -0.366 e. The number of benzene rings is 1. The Morgan fingerprint density at radius 2 is 2.18 bits per heavy atom. The molecule has 4 heteroatoms. The number of nitrogens with one attached hydrogen (secondary N) is 1. The number of fused-ring (bicyclic) bond motifs is 1. The zero-order valence-corrected chi connectivity index (χ0v) is 5.73. The lowest BCUT2D eigenvalue weighted by atomic mass is 10.1. The second kappa shape index (κ2) is 2.32. The fraction of sp³-hybridized carbons (Fsp3) is 0.143. The van der Waals surface area contributed by atoms with Crippen LogP contribution in [0.25, 0.3) is 0 Å². The van der Waals surface area contributed by atoms with E-state index < -0.39 is 6.23 Å². The lowest BCUT2D eigenvalue weighted by molar-refractivity contribution is 0.177. The number of aliphatic hydroxyl groups is 1. The molecule has 11 heavy (non-hydrogen) atoms. The summed E-state index contributed by atoms with van der Waals surface area (Å²) in [6, 6.07) is 7.38. The molecule has 1 atom stereocenters. The quantitative estimate of drug-likeness (QED) is 0.586. The highest BCUT2D eigenvalue weighted by Crippen LogP contribution is 2.26. The Morgan fingerprint density at radius 1 is 1.36 bits per heavy atom. The first kappa shape index (κ1) is 6.30. The number of hydrogen-bond acceptors (Lipinski definition) is 4. The van der Waals surface area contributed by atoms with Gasteiger partial charge in [-0.05, 0) is 6.07 Å². The van der Waals surface area contributed by atoms with E-state index in [-0.39, 0.29) is 0 Å². The van der Waals surface area contributed by atoms with Crippen LogP contribution >= 0.6 is 0 Å². The largest absolute Gasteiger partial charge is 0.366 e. The van der Waals surface area contributed by atoms with Crippen LogP contribution in [0.1, 0.15) is 11.8 Å². The van der Waals surface area contributed by atoms with Gasteiger partial charge in [-0.15, -0.1) is 5.11 Å². The van der Waals surface area contributed by atoms with Gasteiger partial charge in [0.25, 0.3) is 0 Å². The van der Waals surface area contributed by atoms with Crippen molar-refractivity contribution in [3.63, 3.8) is 0 Å². The highest BCUT2D eigenvalue weighted by molar-refractivity contribution is 5.52. The van der Waals surface area contributed by atoms with Gasteiger partial charge in [-0.1, -0.05) is 23.4 Å². The molecule has 4 nitrogen and oxygen atoms in total. The summed E-state index contributed by atoms with van der Waals surface area (Å²) in [6.07, 6.45) is -0.813. The molecule has 0 aliphatic carbocycles. The van der Waals surface area contributed by atoms with Crippen LogP contribution in [0.2, 0.25) is 0 Å². The molecule has 0 aromatic heterocycles. The smallest absolute Gasteiger partial charge is 0.195 e. The van der Waals surface area contributed by atoms with E-state index in [0.717, 1.165) is 11.3 Å². The fourth-order valence-electron chi connectivity index (χ4n) is 1.02. The van der Waals surface area contributed by atoms with E-state index in [1.807, 2.05) is 24.3 Å². The first-order valence-corrected chi connectivity index (χ1v) is 3.31. The fourth-order valence-corrected chi connectivity index (χ4v) is 1.02. The third-order valence-corrected chi connectivity index (χ3v) is 1.58. The highest BCUT2D eigenvalue weighted by atomic mass is 16.3. The third kappa shape index (κ3) is 0.969. The van der Waals surface area contributed by atoms with Crippen LogP contribution < -0.4 is 5.43 Å². The summed E-state index contributed by atoms with van der Waals surface area (Å²) in [4.78, 5) is 0. The molecule has 1 heterocycles. The van der Waals surface area contributed by atoms with Crippen molar-refractivity contribution in [3.8, 4) is 0 Å². The summed E-state index contributed by atoms with van der Waals surface area (Å²) in [5.41, 5.74) is 4.27. The van der Waals surface area contributed by atoms with Gasteiger partial charge < -0.3 is 5.11 Å². The Hall–Kier alpha value is -1.42. The minimum absolute atomic E-state index is 0.766. The topological polar surface area (TPSA) is 57.0 Å². The van der Waals surface area contributed by atoms with Crippen LogP contribution in [0, 0.1) is 0 Å². The van der Waals surface area contributed by atoms with E-state index in [1.165, 1.54) is 0 Å². The van der Waals surface area contributed by atoms with Crippen LogP contribution in [0.5, 0.6) is 0 Å². The lowest BCUT2D eigenvalue weighted by Gasteiger charge is -2.13. The van der Waals surface area contributed by atoms with Gasteiger partial charge in [0, 0.05) is 5.56 Å².